The molecule has 1 atom stereocenters. The Hall–Kier alpha value is -16.8. The molecular weight excluding hydrogens is 1890 g/mol. The van der Waals surface area contributed by atoms with E-state index in [1.165, 1.54) is 78.9 Å². The maximum Gasteiger partial charge on any atom is 0.267 e. The van der Waals surface area contributed by atoms with Gasteiger partial charge in [0.2, 0.25) is 11.8 Å². The lowest BCUT2D eigenvalue weighted by atomic mass is 9.97. The van der Waals surface area contributed by atoms with E-state index >= 15 is 17.6 Å². The first-order chi connectivity index (χ1) is 70.1. The number of hydrogen-bond donors (Lipinski definition) is 6. The minimum atomic E-state index is -0.783. The molecule has 11 N–H and O–H groups in total. The Balaban J connectivity index is 0.000000125. The van der Waals surface area contributed by atoms with Crippen molar-refractivity contribution >= 4 is 95.9 Å². The first-order valence-corrected chi connectivity index (χ1v) is 46.4. The average Bonchev–Trinajstić information content (AvgIpc) is 1.28. The van der Waals surface area contributed by atoms with Crippen LogP contribution < -0.4 is 28.7 Å². The van der Waals surface area contributed by atoms with Crippen molar-refractivity contribution < 1.29 is 82.9 Å². The molecule has 4 aliphatic rings. The lowest BCUT2D eigenvalue weighted by Gasteiger charge is -2.31. The quantitative estimate of drug-likeness (QED) is 0.0271. The van der Waals surface area contributed by atoms with Crippen LogP contribution in [-0.4, -0.2) is 166 Å². The zero-order valence-electron chi connectivity index (χ0n) is 78.7. The molecule has 742 valence electrons. The molecule has 4 fully saturated rings. The summed E-state index contributed by atoms with van der Waals surface area (Å²) in [5, 5.41) is 20.0. The second-order valence-corrected chi connectivity index (χ2v) is 35.8. The van der Waals surface area contributed by atoms with E-state index in [9.17, 15) is 55.5 Å². The second kappa shape index (κ2) is 43.5. The molecule has 38 heteroatoms. The summed E-state index contributed by atoms with van der Waals surface area (Å²) < 4.78 is 138. The predicted molar refractivity (Wildman–Crippen MR) is 526 cm³/mol. The highest BCUT2D eigenvalue weighted by Crippen LogP contribution is 2.41. The number of aliphatic hydroxyl groups is 1. The van der Waals surface area contributed by atoms with Gasteiger partial charge in [-0.3, -0.25) is 62.6 Å². The van der Waals surface area contributed by atoms with Gasteiger partial charge in [-0.15, -0.1) is 0 Å². The fourth-order valence-electron chi connectivity index (χ4n) is 17.6. The summed E-state index contributed by atoms with van der Waals surface area (Å²) in [6.07, 6.45) is 15.2. The number of carbonyl (C=O) groups is 7. The number of piperidine rings is 1. The van der Waals surface area contributed by atoms with E-state index in [0.29, 0.717) is 157 Å². The summed E-state index contributed by atoms with van der Waals surface area (Å²) in [5.41, 5.74) is 37.7. The van der Waals surface area contributed by atoms with Crippen LogP contribution in [0.15, 0.2) is 219 Å². The van der Waals surface area contributed by atoms with Gasteiger partial charge in [-0.05, 0) is 184 Å². The maximum atomic E-state index is 15.5. The number of rotatable bonds is 22. The number of alkyl halides is 1. The highest BCUT2D eigenvalue weighted by atomic mass is 19.2. The van der Waals surface area contributed by atoms with Gasteiger partial charge in [0.1, 0.15) is 85.8 Å². The molecule has 12 heterocycles. The molecule has 0 bridgehead atoms. The van der Waals surface area contributed by atoms with Crippen LogP contribution >= 0.6 is 0 Å². The number of amides is 7. The molecule has 0 spiro atoms. The third-order valence-corrected chi connectivity index (χ3v) is 25.4. The fraction of sp³-hybridized carbons (Fsp3) is 0.213. The van der Waals surface area contributed by atoms with Crippen LogP contribution in [0.2, 0.25) is 0 Å². The van der Waals surface area contributed by atoms with Crippen molar-refractivity contribution in [1.29, 1.82) is 0 Å². The van der Waals surface area contributed by atoms with Crippen LogP contribution in [0, 0.1) is 46.5 Å². The van der Waals surface area contributed by atoms with Gasteiger partial charge in [-0.1, -0.05) is 91.0 Å². The monoisotopic (exact) mass is 1980 g/mol. The van der Waals surface area contributed by atoms with E-state index in [1.54, 1.807) is 158 Å². The molecule has 21 rings (SSSR count). The number of carbonyl (C=O) groups excluding carboxylic acids is 7. The molecule has 8 aromatic carbocycles. The minimum Gasteiger partial charge on any atom is -0.390 e. The van der Waals surface area contributed by atoms with Gasteiger partial charge in [0.15, 0.2) is 23.3 Å². The van der Waals surface area contributed by atoms with Gasteiger partial charge in [-0.2, -0.15) is 10.2 Å². The number of nitrogens with zero attached hydrogens (tertiary/aromatic N) is 15. The van der Waals surface area contributed by atoms with E-state index < -0.39 is 76.4 Å². The number of likely N-dealkylation sites (tertiary alicyclic amines) is 2. The number of imide groups is 1. The third-order valence-electron chi connectivity index (χ3n) is 25.4. The Kier molecular flexibility index (Phi) is 30.0. The maximum absolute atomic E-state index is 15.5. The molecule has 0 unspecified atom stereocenters. The number of primary amides is 5. The SMILES string of the molecule is C[C@@H]1CN(Cc2ccc3c(-c4cnn(C)c4)cc(C(N)=O)nc3c2F)CCO1.Cn1cc(-c2cc(C(N)=O)nc3c(F)c(CN4CCC(F)CC4)ccc23)cn1.NC(=O)c1cc(-c2ccc(F)cc2)c2cc(F)c(CN3C(=O)CCC3=O)cc2n1.NC(=O)c1cc(-c2ccc(F)cc2)c2ccc(Cc3ccc(CO)nc3)c(F)c2n1.NC(=O)c1cc(-c2ccc(F)cc2)c2ccc(Cc3cnc(C4CC4)nc3)c(F)c2n1. The number of aromatic nitrogens is 12. The average molecular weight is 1990 g/mol. The van der Waals surface area contributed by atoms with Crippen molar-refractivity contribution in [1.82, 2.24) is 74.1 Å². The van der Waals surface area contributed by atoms with E-state index in [-0.39, 0.29) is 118 Å². The lowest BCUT2D eigenvalue weighted by molar-refractivity contribution is -0.139. The van der Waals surface area contributed by atoms with Gasteiger partial charge in [0.05, 0.1) is 49.5 Å². The fourth-order valence-corrected chi connectivity index (χ4v) is 17.6. The molecule has 29 nitrogen and oxygen atoms in total. The van der Waals surface area contributed by atoms with Crippen LogP contribution in [0.1, 0.15) is 154 Å². The van der Waals surface area contributed by atoms with Gasteiger partial charge in [-0.25, -0.2) is 74.4 Å². The Morgan fingerprint density at radius 2 is 0.788 bits per heavy atom. The Labute approximate surface area is 827 Å². The van der Waals surface area contributed by atoms with Crippen LogP contribution in [0.3, 0.4) is 0 Å². The van der Waals surface area contributed by atoms with E-state index in [4.69, 9.17) is 38.5 Å². The summed E-state index contributed by atoms with van der Waals surface area (Å²) >= 11 is 0. The summed E-state index contributed by atoms with van der Waals surface area (Å²) in [5.74, 6) is -7.02. The molecule has 0 radical (unpaired) electrons. The highest BCUT2D eigenvalue weighted by molar-refractivity contribution is 6.07. The highest BCUT2D eigenvalue weighted by Gasteiger charge is 2.33. The van der Waals surface area contributed by atoms with Gasteiger partial charge < -0.3 is 38.5 Å². The molecule has 146 heavy (non-hydrogen) atoms. The molecule has 3 saturated heterocycles. The summed E-state index contributed by atoms with van der Waals surface area (Å²) in [7, 11) is 3.57. The van der Waals surface area contributed by atoms with Crippen LogP contribution in [-0.2, 0) is 67.5 Å². The lowest BCUT2D eigenvalue weighted by Crippen LogP contribution is -2.40. The van der Waals surface area contributed by atoms with Crippen LogP contribution in [0.5, 0.6) is 0 Å². The summed E-state index contributed by atoms with van der Waals surface area (Å²) in [6, 6.07) is 44.5. The predicted octanol–water partition coefficient (Wildman–Crippen LogP) is 16.1. The zero-order valence-corrected chi connectivity index (χ0v) is 78.7. The molecule has 9 aromatic heterocycles. The van der Waals surface area contributed by atoms with Gasteiger partial charge in [0, 0.05) is 171 Å². The standard InChI is InChI=1S/C24H18F2N4O.C23H17F2N3O2.C21H15F2N3O3.C20H21F2N5O.C20H22FN5O2/c25-17-6-3-14(4-7-17)19-10-20(23(27)31)30-22-18(19)8-5-16(21(22)26)9-13-11-28-24(29-12-13)15-1-2-15;24-16-5-2-14(3-6-16)19-10-20(23(26)30)28-22-18(19)8-4-15(21(22)25)9-13-1-7-17(12-29)27-11-13;22-13-3-1-11(2-4-13)14-9-18(21(24)29)25-17-7-12(16(23)8-15(14)17)10-26-19(27)5-6-20(26)28;1-26-10-13(9-24-26)16-8-17(20(23)28)25-19-15(16)3-2-12(18(19)22)11-27-6-4-14(21)5-7-27;1-12-9-26(5-6-28-12)11-13-3-4-15-16(14-8-23-25(2)10-14)7-17(20(22)27)24-19(15)18(13)21/h3-8,10-12,15H,1-2,9H2,(H2,27,31);1-8,10-11,29H,9,12H2,(H2,26,30);1-4,7-9H,5-6,10H2,(H2,24,29);2-3,8-10,14H,4-7,11H2,1H3,(H2,23,28);3-4,7-8,10,12H,5-6,9,11H2,1-2H3,(H2,22,27)/t;;;;12-/m....1/s1. The van der Waals surface area contributed by atoms with Crippen molar-refractivity contribution in [3.63, 3.8) is 0 Å². The van der Waals surface area contributed by atoms with Crippen molar-refractivity contribution in [2.24, 2.45) is 42.8 Å². The van der Waals surface area contributed by atoms with Gasteiger partial charge >= 0.3 is 0 Å². The summed E-state index contributed by atoms with van der Waals surface area (Å²) in [6.45, 7) is 5.76. The molecule has 17 aromatic rings. The number of aliphatic hydroxyl groups excluding tert-OH is 1. The second-order valence-electron chi connectivity index (χ2n) is 35.8. The third kappa shape index (κ3) is 22.9. The number of benzene rings is 8. The molecule has 3 aliphatic heterocycles. The smallest absolute Gasteiger partial charge is 0.267 e. The number of halogens is 9. The molecule has 1 saturated carbocycles. The largest absolute Gasteiger partial charge is 0.390 e. The van der Waals surface area contributed by atoms with Crippen molar-refractivity contribution in [3.05, 3.63) is 345 Å². The van der Waals surface area contributed by atoms with E-state index in [0.717, 1.165) is 58.9 Å². The van der Waals surface area contributed by atoms with Crippen LogP contribution in [0.25, 0.3) is 110 Å². The normalized spacial score (nSPS) is 14.4. The van der Waals surface area contributed by atoms with Crippen molar-refractivity contribution in [2.75, 3.05) is 32.8 Å². The number of pyridine rings is 6. The molecular formula is C108H93F9N20O9. The number of fused-ring (bicyclic) bond motifs is 5. The van der Waals surface area contributed by atoms with Crippen molar-refractivity contribution in [3.8, 4) is 55.6 Å². The van der Waals surface area contributed by atoms with E-state index in [2.05, 4.69) is 55.0 Å². The topological polar surface area (TPSA) is 428 Å². The number of hydrogen-bond acceptors (Lipinski definition) is 21. The molecule has 1 aliphatic carbocycles. The Morgan fingerprint density at radius 1 is 0.404 bits per heavy atom. The molecule has 7 amide bonds. The Bertz CT molecular complexity index is 7940. The number of aryl methyl sites for hydroxylation is 2. The number of nitrogens with two attached hydrogens (primary N) is 5. The minimum absolute atomic E-state index is 0.000599. The summed E-state index contributed by atoms with van der Waals surface area (Å²) in [4.78, 5) is 122. The Morgan fingerprint density at radius 3 is 1.17 bits per heavy atom. The number of ether oxygens (including phenoxy) is 1. The van der Waals surface area contributed by atoms with Gasteiger partial charge in [0.25, 0.3) is 29.5 Å². The van der Waals surface area contributed by atoms with Crippen LogP contribution in [0.4, 0.5) is 39.5 Å². The van der Waals surface area contributed by atoms with Crippen molar-refractivity contribution in [2.45, 2.75) is 103 Å². The first kappa shape index (κ1) is 101. The first-order valence-electron chi connectivity index (χ1n) is 46.4. The van der Waals surface area contributed by atoms with E-state index in [1.807, 2.05) is 17.9 Å². The number of morpholine rings is 1. The zero-order chi connectivity index (χ0) is 103.